The van der Waals surface area contributed by atoms with E-state index in [0.717, 1.165) is 0 Å². The van der Waals surface area contributed by atoms with Crippen LogP contribution in [0.25, 0.3) is 0 Å². The minimum atomic E-state index is -4.87. The lowest BCUT2D eigenvalue weighted by molar-refractivity contribution is -0.466. The summed E-state index contributed by atoms with van der Waals surface area (Å²) < 4.78 is 40.5. The molecule has 0 saturated heterocycles. The van der Waals surface area contributed by atoms with Crippen LogP contribution in [0.3, 0.4) is 0 Å². The maximum absolute atomic E-state index is 13.5. The van der Waals surface area contributed by atoms with Crippen molar-refractivity contribution in [3.05, 3.63) is 55.2 Å². The van der Waals surface area contributed by atoms with Crippen molar-refractivity contribution >= 4 is 0 Å². The zero-order valence-corrected chi connectivity index (χ0v) is 16.9. The highest BCUT2D eigenvalue weighted by Crippen LogP contribution is 2.35. The van der Waals surface area contributed by atoms with Gasteiger partial charge in [-0.1, -0.05) is 0 Å². The first-order valence-electron chi connectivity index (χ1n) is 8.94. The second-order valence-electron chi connectivity index (χ2n) is 7.21. The molecule has 0 aliphatic carbocycles. The van der Waals surface area contributed by atoms with Crippen molar-refractivity contribution in [2.24, 2.45) is 0 Å². The second kappa shape index (κ2) is 10.3. The molecule has 0 saturated carbocycles. The highest BCUT2D eigenvalue weighted by Gasteiger charge is 2.42. The Morgan fingerprint density at radius 1 is 0.862 bits per heavy atom. The Kier molecular flexibility index (Phi) is 8.77. The van der Waals surface area contributed by atoms with Crippen LogP contribution in [0, 0.1) is 20.2 Å². The molecule has 0 aromatic rings. The molecule has 0 spiro atoms. The molecule has 0 N–H and O–H groups in total. The van der Waals surface area contributed by atoms with Gasteiger partial charge in [0.25, 0.3) is 0 Å². The van der Waals surface area contributed by atoms with Crippen molar-refractivity contribution in [3.8, 4) is 0 Å². The maximum Gasteiger partial charge on any atom is 0.488 e. The standard InChI is InChI=1S/C17H26F3N5O4/c1-21(2)9-5-7-13-11-23(17(18,19)20)12-14(8-6-10-22(3)4)16(25(28)29)15(13)24(26)27/h11-12H,5-10H2,1-4H3. The summed E-state index contributed by atoms with van der Waals surface area (Å²) in [7, 11) is 7.00. The summed E-state index contributed by atoms with van der Waals surface area (Å²) >= 11 is 0. The van der Waals surface area contributed by atoms with Gasteiger partial charge in [-0.05, 0) is 67.0 Å². The summed E-state index contributed by atoms with van der Waals surface area (Å²) in [6, 6.07) is 0. The van der Waals surface area contributed by atoms with Crippen LogP contribution in [-0.4, -0.2) is 72.1 Å². The van der Waals surface area contributed by atoms with Crippen molar-refractivity contribution in [3.63, 3.8) is 0 Å². The molecular weight excluding hydrogens is 395 g/mol. The first-order valence-corrected chi connectivity index (χ1v) is 8.94. The third kappa shape index (κ3) is 7.46. The number of hydrogen-bond donors (Lipinski definition) is 0. The van der Waals surface area contributed by atoms with E-state index in [9.17, 15) is 33.4 Å². The minimum Gasteiger partial charge on any atom is -0.309 e. The molecule has 1 aliphatic rings. The smallest absolute Gasteiger partial charge is 0.309 e. The fourth-order valence-electron chi connectivity index (χ4n) is 2.89. The fourth-order valence-corrected chi connectivity index (χ4v) is 2.89. The van der Waals surface area contributed by atoms with E-state index in [1.807, 2.05) is 0 Å². The number of halogens is 3. The minimum absolute atomic E-state index is 0.1000. The number of nitrogens with zero attached hydrogens (tertiary/aromatic N) is 5. The quantitative estimate of drug-likeness (QED) is 0.304. The topological polar surface area (TPSA) is 96.0 Å². The molecule has 0 unspecified atom stereocenters. The van der Waals surface area contributed by atoms with Crippen LogP contribution in [-0.2, 0) is 0 Å². The predicted octanol–water partition coefficient (Wildman–Crippen LogP) is 3.04. The molecule has 29 heavy (non-hydrogen) atoms. The van der Waals surface area contributed by atoms with Gasteiger partial charge >= 0.3 is 17.7 Å². The van der Waals surface area contributed by atoms with Crippen LogP contribution in [0.1, 0.15) is 25.7 Å². The van der Waals surface area contributed by atoms with Gasteiger partial charge in [0.15, 0.2) is 0 Å². The van der Waals surface area contributed by atoms with E-state index in [-0.39, 0.29) is 28.9 Å². The number of alkyl halides is 3. The molecule has 0 aromatic carbocycles. The molecule has 1 rings (SSSR count). The molecule has 0 amide bonds. The van der Waals surface area contributed by atoms with E-state index >= 15 is 0 Å². The Bertz CT molecular complexity index is 662. The Hall–Kier alpha value is -2.47. The van der Waals surface area contributed by atoms with Gasteiger partial charge in [0.1, 0.15) is 0 Å². The average Bonchev–Trinajstić information content (AvgIpc) is 2.71. The Labute approximate surface area is 167 Å². The van der Waals surface area contributed by atoms with Gasteiger partial charge < -0.3 is 9.80 Å². The first-order chi connectivity index (χ1) is 13.3. The Morgan fingerprint density at radius 2 is 1.21 bits per heavy atom. The predicted molar refractivity (Wildman–Crippen MR) is 101 cm³/mol. The third-order valence-corrected chi connectivity index (χ3v) is 4.18. The largest absolute Gasteiger partial charge is 0.488 e. The molecule has 9 nitrogen and oxygen atoms in total. The fraction of sp³-hybridized carbons (Fsp3) is 0.647. The number of nitro groups is 2. The number of rotatable bonds is 10. The Balaban J connectivity index is 3.50. The summed E-state index contributed by atoms with van der Waals surface area (Å²) in [5, 5.41) is 23.3. The van der Waals surface area contributed by atoms with Gasteiger partial charge in [0.05, 0.1) is 21.0 Å². The van der Waals surface area contributed by atoms with E-state index in [1.165, 1.54) is 0 Å². The van der Waals surface area contributed by atoms with E-state index in [1.54, 1.807) is 38.0 Å². The number of allylic oxidation sites excluding steroid dienone is 2. The van der Waals surface area contributed by atoms with Gasteiger partial charge in [-0.3, -0.25) is 25.1 Å². The normalized spacial score (nSPS) is 15.6. The highest BCUT2D eigenvalue weighted by atomic mass is 19.4. The molecule has 164 valence electrons. The molecule has 1 heterocycles. The molecule has 0 radical (unpaired) electrons. The van der Waals surface area contributed by atoms with Gasteiger partial charge in [0, 0.05) is 12.4 Å². The lowest BCUT2D eigenvalue weighted by atomic mass is 10.0. The van der Waals surface area contributed by atoms with E-state index < -0.39 is 27.5 Å². The van der Waals surface area contributed by atoms with Gasteiger partial charge in [-0.25, -0.2) is 0 Å². The first kappa shape index (κ1) is 24.6. The van der Waals surface area contributed by atoms with Gasteiger partial charge in [0.2, 0.25) is 0 Å². The maximum atomic E-state index is 13.5. The number of hydrogen-bond acceptors (Lipinski definition) is 7. The van der Waals surface area contributed by atoms with Gasteiger partial charge in [-0.15, -0.1) is 13.2 Å². The molecule has 0 atom stereocenters. The third-order valence-electron chi connectivity index (χ3n) is 4.18. The lowest BCUT2D eigenvalue weighted by Gasteiger charge is -2.20. The highest BCUT2D eigenvalue weighted by molar-refractivity contribution is 5.40. The zero-order valence-electron chi connectivity index (χ0n) is 16.9. The zero-order chi connectivity index (χ0) is 22.4. The van der Waals surface area contributed by atoms with Crippen molar-refractivity contribution in [1.82, 2.24) is 14.7 Å². The molecule has 0 fully saturated rings. The summed E-state index contributed by atoms with van der Waals surface area (Å²) in [6.07, 6.45) is -3.26. The monoisotopic (exact) mass is 421 g/mol. The van der Waals surface area contributed by atoms with Crippen LogP contribution in [0.15, 0.2) is 34.9 Å². The summed E-state index contributed by atoms with van der Waals surface area (Å²) in [6.45, 7) is 0.927. The van der Waals surface area contributed by atoms with Crippen molar-refractivity contribution < 1.29 is 23.0 Å². The Morgan fingerprint density at radius 3 is 1.45 bits per heavy atom. The molecular formula is C17H26F3N5O4. The van der Waals surface area contributed by atoms with Crippen LogP contribution in [0.5, 0.6) is 0 Å². The van der Waals surface area contributed by atoms with Crippen molar-refractivity contribution in [2.75, 3.05) is 41.3 Å². The lowest BCUT2D eigenvalue weighted by Crippen LogP contribution is -2.29. The van der Waals surface area contributed by atoms with Crippen LogP contribution < -0.4 is 0 Å². The molecule has 0 aromatic heterocycles. The van der Waals surface area contributed by atoms with Crippen LogP contribution >= 0.6 is 0 Å². The summed E-state index contributed by atoms with van der Waals surface area (Å²) in [5.41, 5.74) is -2.40. The molecule has 12 heteroatoms. The van der Waals surface area contributed by atoms with E-state index in [4.69, 9.17) is 0 Å². The van der Waals surface area contributed by atoms with E-state index in [0.29, 0.717) is 38.3 Å². The van der Waals surface area contributed by atoms with Crippen LogP contribution in [0.2, 0.25) is 0 Å². The van der Waals surface area contributed by atoms with E-state index in [2.05, 4.69) is 0 Å². The van der Waals surface area contributed by atoms with Crippen LogP contribution in [0.4, 0.5) is 13.2 Å². The average molecular weight is 421 g/mol. The molecule has 1 aliphatic heterocycles. The second-order valence-corrected chi connectivity index (χ2v) is 7.21. The summed E-state index contributed by atoms with van der Waals surface area (Å²) in [5.74, 6) is 0. The van der Waals surface area contributed by atoms with Crippen molar-refractivity contribution in [1.29, 1.82) is 0 Å². The SMILES string of the molecule is CN(C)CCCC1=CN(C(F)(F)F)C=C(CCCN(C)C)C([N+](=O)[O-])=C1[N+](=O)[O-]. The molecule has 0 bridgehead atoms. The van der Waals surface area contributed by atoms with Crippen molar-refractivity contribution in [2.45, 2.75) is 32.0 Å². The van der Waals surface area contributed by atoms with Gasteiger partial charge in [-0.2, -0.15) is 0 Å². The summed E-state index contributed by atoms with van der Waals surface area (Å²) in [4.78, 5) is 24.8.